The molecule has 0 atom stereocenters. The monoisotopic (exact) mass is 440 g/mol. The van der Waals surface area contributed by atoms with Gasteiger partial charge in [-0.1, -0.05) is 72.8 Å². The molecule has 168 valence electrons. The van der Waals surface area contributed by atoms with E-state index in [1.54, 1.807) is 11.0 Å². The quantitative estimate of drug-likeness (QED) is 0.514. The van der Waals surface area contributed by atoms with E-state index in [0.717, 1.165) is 22.4 Å². The summed E-state index contributed by atoms with van der Waals surface area (Å²) in [7, 11) is 0. The van der Waals surface area contributed by atoms with Crippen LogP contribution in [0.5, 0.6) is 0 Å². The lowest BCUT2D eigenvalue weighted by Gasteiger charge is -2.27. The van der Waals surface area contributed by atoms with Gasteiger partial charge in [0.15, 0.2) is 0 Å². The van der Waals surface area contributed by atoms with Crippen LogP contribution in [0, 0.1) is 0 Å². The lowest BCUT2D eigenvalue weighted by atomic mass is 10.1. The molecule has 1 aliphatic rings. The van der Waals surface area contributed by atoms with Crippen LogP contribution in [0.15, 0.2) is 91.0 Å². The van der Waals surface area contributed by atoms with Crippen molar-refractivity contribution in [3.8, 4) is 0 Å². The molecule has 5 heteroatoms. The average molecular weight is 441 g/mol. The summed E-state index contributed by atoms with van der Waals surface area (Å²) in [6.07, 6.45) is 3.78. The van der Waals surface area contributed by atoms with Crippen molar-refractivity contribution in [2.75, 3.05) is 31.2 Å². The molecule has 0 aliphatic carbocycles. The number of carbonyl (C=O) groups is 2. The second-order valence-electron chi connectivity index (χ2n) is 7.99. The molecule has 0 saturated carbocycles. The SMILES string of the molecule is O=C(Cc1ccc(N(Cc2ccccc2)C(=O)/C=C/c2ccccc2)cc1)N1CCOCC1. The minimum atomic E-state index is -0.0974. The first-order valence-corrected chi connectivity index (χ1v) is 11.2. The Morgan fingerprint density at radius 1 is 0.818 bits per heavy atom. The molecular weight excluding hydrogens is 412 g/mol. The number of benzene rings is 3. The number of ether oxygens (including phenoxy) is 1. The second-order valence-corrected chi connectivity index (χ2v) is 7.99. The van der Waals surface area contributed by atoms with Gasteiger partial charge in [-0.25, -0.2) is 0 Å². The fourth-order valence-electron chi connectivity index (χ4n) is 3.78. The number of morpholine rings is 1. The van der Waals surface area contributed by atoms with Gasteiger partial charge in [-0.2, -0.15) is 0 Å². The Labute approximate surface area is 194 Å². The molecule has 0 radical (unpaired) electrons. The molecule has 0 bridgehead atoms. The molecule has 0 spiro atoms. The van der Waals surface area contributed by atoms with Crippen LogP contribution in [0.4, 0.5) is 5.69 Å². The molecule has 0 unspecified atom stereocenters. The van der Waals surface area contributed by atoms with Crippen molar-refractivity contribution in [2.24, 2.45) is 0 Å². The molecular formula is C28H28N2O3. The van der Waals surface area contributed by atoms with Crippen LogP contribution in [0.2, 0.25) is 0 Å². The van der Waals surface area contributed by atoms with E-state index in [1.165, 1.54) is 0 Å². The van der Waals surface area contributed by atoms with Crippen LogP contribution in [0.1, 0.15) is 16.7 Å². The molecule has 0 N–H and O–H groups in total. The van der Waals surface area contributed by atoms with Crippen molar-refractivity contribution in [1.82, 2.24) is 4.90 Å². The summed E-state index contributed by atoms with van der Waals surface area (Å²) in [6, 6.07) is 27.4. The highest BCUT2D eigenvalue weighted by Crippen LogP contribution is 2.20. The summed E-state index contributed by atoms with van der Waals surface area (Å²) in [5.41, 5.74) is 3.75. The fourth-order valence-corrected chi connectivity index (χ4v) is 3.78. The Morgan fingerprint density at radius 2 is 1.45 bits per heavy atom. The van der Waals surface area contributed by atoms with Crippen molar-refractivity contribution in [3.63, 3.8) is 0 Å². The fraction of sp³-hybridized carbons (Fsp3) is 0.214. The van der Waals surface area contributed by atoms with Crippen molar-refractivity contribution in [3.05, 3.63) is 108 Å². The standard InChI is InChI=1S/C28H28N2O3/c31-27(16-13-23-7-3-1-4-8-23)30(22-25-9-5-2-6-10-25)26-14-11-24(12-15-26)21-28(32)29-17-19-33-20-18-29/h1-16H,17-22H2/b16-13+. The van der Waals surface area contributed by atoms with Gasteiger partial charge in [0.1, 0.15) is 0 Å². The summed E-state index contributed by atoms with van der Waals surface area (Å²) >= 11 is 0. The van der Waals surface area contributed by atoms with E-state index in [4.69, 9.17) is 4.74 Å². The second kappa shape index (κ2) is 11.2. The van der Waals surface area contributed by atoms with Crippen LogP contribution >= 0.6 is 0 Å². The van der Waals surface area contributed by atoms with Gasteiger partial charge in [0, 0.05) is 24.9 Å². The normalized spacial score (nSPS) is 13.8. The third kappa shape index (κ3) is 6.40. The molecule has 33 heavy (non-hydrogen) atoms. The number of hydrogen-bond acceptors (Lipinski definition) is 3. The maximum absolute atomic E-state index is 13.2. The third-order valence-corrected chi connectivity index (χ3v) is 5.63. The van der Waals surface area contributed by atoms with E-state index >= 15 is 0 Å². The van der Waals surface area contributed by atoms with Gasteiger partial charge in [-0.15, -0.1) is 0 Å². The summed E-state index contributed by atoms with van der Waals surface area (Å²) in [5, 5.41) is 0. The van der Waals surface area contributed by atoms with Gasteiger partial charge >= 0.3 is 0 Å². The van der Waals surface area contributed by atoms with E-state index in [0.29, 0.717) is 39.3 Å². The number of rotatable bonds is 7. The van der Waals surface area contributed by atoms with Crippen LogP contribution < -0.4 is 4.90 Å². The number of anilines is 1. The van der Waals surface area contributed by atoms with Crippen molar-refractivity contribution >= 4 is 23.6 Å². The number of hydrogen-bond donors (Lipinski definition) is 0. The van der Waals surface area contributed by atoms with E-state index in [1.807, 2.05) is 95.9 Å². The Hall–Kier alpha value is -3.70. The van der Waals surface area contributed by atoms with Gasteiger partial charge in [-0.05, 0) is 34.9 Å². The lowest BCUT2D eigenvalue weighted by Crippen LogP contribution is -2.41. The van der Waals surface area contributed by atoms with Crippen molar-refractivity contribution in [1.29, 1.82) is 0 Å². The first-order chi connectivity index (χ1) is 16.2. The van der Waals surface area contributed by atoms with Gasteiger partial charge in [0.2, 0.25) is 5.91 Å². The number of amides is 2. The molecule has 2 amide bonds. The molecule has 3 aromatic rings. The molecule has 1 saturated heterocycles. The van der Waals surface area contributed by atoms with Gasteiger partial charge in [0.25, 0.3) is 5.91 Å². The molecule has 0 aromatic heterocycles. The Kier molecular flexibility index (Phi) is 7.67. The maximum Gasteiger partial charge on any atom is 0.251 e. The topological polar surface area (TPSA) is 49.9 Å². The minimum Gasteiger partial charge on any atom is -0.378 e. The zero-order chi connectivity index (χ0) is 22.9. The lowest BCUT2D eigenvalue weighted by molar-refractivity contribution is -0.134. The predicted molar refractivity (Wildman–Crippen MR) is 131 cm³/mol. The Balaban J connectivity index is 1.50. The van der Waals surface area contributed by atoms with Crippen LogP contribution in [0.25, 0.3) is 6.08 Å². The van der Waals surface area contributed by atoms with Crippen molar-refractivity contribution in [2.45, 2.75) is 13.0 Å². The highest BCUT2D eigenvalue weighted by Gasteiger charge is 2.18. The predicted octanol–water partition coefficient (Wildman–Crippen LogP) is 4.33. The van der Waals surface area contributed by atoms with Crippen LogP contribution in [-0.2, 0) is 27.3 Å². The largest absolute Gasteiger partial charge is 0.378 e. The minimum absolute atomic E-state index is 0.0974. The van der Waals surface area contributed by atoms with E-state index in [-0.39, 0.29) is 11.8 Å². The van der Waals surface area contributed by atoms with E-state index in [9.17, 15) is 9.59 Å². The summed E-state index contributed by atoms with van der Waals surface area (Å²) in [5.74, 6) is 0.00825. The van der Waals surface area contributed by atoms with Gasteiger partial charge < -0.3 is 14.5 Å². The average Bonchev–Trinajstić information content (AvgIpc) is 2.88. The highest BCUT2D eigenvalue weighted by atomic mass is 16.5. The van der Waals surface area contributed by atoms with Gasteiger partial charge in [0.05, 0.1) is 26.2 Å². The van der Waals surface area contributed by atoms with Crippen LogP contribution in [0.3, 0.4) is 0 Å². The zero-order valence-electron chi connectivity index (χ0n) is 18.6. The highest BCUT2D eigenvalue weighted by molar-refractivity contribution is 6.03. The number of nitrogens with zero attached hydrogens (tertiary/aromatic N) is 2. The molecule has 3 aromatic carbocycles. The van der Waals surface area contributed by atoms with Gasteiger partial charge in [-0.3, -0.25) is 9.59 Å². The summed E-state index contributed by atoms with van der Waals surface area (Å²) in [4.78, 5) is 29.3. The van der Waals surface area contributed by atoms with Crippen molar-refractivity contribution < 1.29 is 14.3 Å². The Morgan fingerprint density at radius 3 is 2.12 bits per heavy atom. The Bertz CT molecular complexity index is 1070. The maximum atomic E-state index is 13.2. The zero-order valence-corrected chi connectivity index (χ0v) is 18.6. The molecule has 4 rings (SSSR count). The first kappa shape index (κ1) is 22.5. The first-order valence-electron chi connectivity index (χ1n) is 11.2. The third-order valence-electron chi connectivity index (χ3n) is 5.63. The molecule has 1 fully saturated rings. The van der Waals surface area contributed by atoms with E-state index in [2.05, 4.69) is 0 Å². The molecule has 5 nitrogen and oxygen atoms in total. The molecule has 1 aliphatic heterocycles. The van der Waals surface area contributed by atoms with Crippen LogP contribution in [-0.4, -0.2) is 43.0 Å². The molecule has 1 heterocycles. The summed E-state index contributed by atoms with van der Waals surface area (Å²) < 4.78 is 5.32. The summed E-state index contributed by atoms with van der Waals surface area (Å²) in [6.45, 7) is 2.94. The number of carbonyl (C=O) groups excluding carboxylic acids is 2. The smallest absolute Gasteiger partial charge is 0.251 e. The van der Waals surface area contributed by atoms with E-state index < -0.39 is 0 Å².